The minimum atomic E-state index is 0.917. The fourth-order valence-electron chi connectivity index (χ4n) is 4.78. The van der Waals surface area contributed by atoms with E-state index < -0.39 is 0 Å². The lowest BCUT2D eigenvalue weighted by Crippen LogP contribution is -2.43. The molecule has 0 N–H and O–H groups in total. The summed E-state index contributed by atoms with van der Waals surface area (Å²) in [7, 11) is 2.22. The zero-order valence-electron chi connectivity index (χ0n) is 16.6. The summed E-state index contributed by atoms with van der Waals surface area (Å²) in [6.07, 6.45) is 5.55. The number of likely N-dealkylation sites (tertiary alicyclic amines) is 1. The molecular weight excluding hydrogens is 320 g/mol. The molecule has 0 unspecified atom stereocenters. The molecule has 0 bridgehead atoms. The molecule has 3 aliphatic heterocycles. The molecule has 0 atom stereocenters. The molecule has 3 saturated heterocycles. The molecule has 3 fully saturated rings. The smallest absolute Gasteiger partial charge is 0.0366 e. The highest BCUT2D eigenvalue weighted by Gasteiger charge is 2.23. The number of anilines is 1. The first kappa shape index (κ1) is 18.3. The van der Waals surface area contributed by atoms with Gasteiger partial charge in [0.1, 0.15) is 0 Å². The van der Waals surface area contributed by atoms with Crippen molar-refractivity contribution in [2.75, 3.05) is 70.9 Å². The van der Waals surface area contributed by atoms with Crippen LogP contribution in [0.2, 0.25) is 0 Å². The molecule has 1 aromatic rings. The zero-order valence-corrected chi connectivity index (χ0v) is 16.6. The average molecular weight is 357 g/mol. The fourth-order valence-corrected chi connectivity index (χ4v) is 4.78. The molecule has 0 spiro atoms. The summed E-state index contributed by atoms with van der Waals surface area (Å²) in [5, 5.41) is 0. The minimum Gasteiger partial charge on any atom is -0.372 e. The van der Waals surface area contributed by atoms with E-state index in [9.17, 15) is 0 Å². The molecule has 4 heteroatoms. The van der Waals surface area contributed by atoms with E-state index in [1.807, 2.05) is 0 Å². The van der Waals surface area contributed by atoms with E-state index in [2.05, 4.69) is 50.9 Å². The van der Waals surface area contributed by atoms with E-state index in [0.29, 0.717) is 0 Å². The number of nitrogens with zero attached hydrogens (tertiary/aromatic N) is 4. The van der Waals surface area contributed by atoms with Crippen LogP contribution < -0.4 is 4.90 Å². The van der Waals surface area contributed by atoms with Gasteiger partial charge in [0.25, 0.3) is 0 Å². The molecule has 26 heavy (non-hydrogen) atoms. The molecule has 0 amide bonds. The molecule has 3 heterocycles. The molecule has 0 aliphatic carbocycles. The van der Waals surface area contributed by atoms with E-state index in [4.69, 9.17) is 0 Å². The number of rotatable bonds is 5. The summed E-state index contributed by atoms with van der Waals surface area (Å²) < 4.78 is 0. The fraction of sp³-hybridized carbons (Fsp3) is 0.727. The first-order chi connectivity index (χ1) is 12.8. The summed E-state index contributed by atoms with van der Waals surface area (Å²) in [6, 6.07) is 9.41. The Kier molecular flexibility index (Phi) is 6.13. The SMILES string of the molecule is CN1CCN(Cc2ccc(N3CCC(CN4CCCC4)CC3)cc2)CC1. The summed E-state index contributed by atoms with van der Waals surface area (Å²) >= 11 is 0. The average Bonchev–Trinajstić information content (AvgIpc) is 3.18. The van der Waals surface area contributed by atoms with Crippen LogP contribution in [0, 0.1) is 5.92 Å². The number of hydrogen-bond acceptors (Lipinski definition) is 4. The molecule has 144 valence electrons. The van der Waals surface area contributed by atoms with Gasteiger partial charge in [-0.05, 0) is 69.4 Å². The van der Waals surface area contributed by atoms with Crippen LogP contribution in [0.3, 0.4) is 0 Å². The molecule has 3 aliphatic rings. The van der Waals surface area contributed by atoms with Crippen molar-refractivity contribution in [3.8, 4) is 0 Å². The first-order valence-electron chi connectivity index (χ1n) is 10.7. The van der Waals surface area contributed by atoms with Crippen molar-refractivity contribution in [2.24, 2.45) is 5.92 Å². The summed E-state index contributed by atoms with van der Waals surface area (Å²) in [4.78, 5) is 10.3. The molecule has 4 nitrogen and oxygen atoms in total. The maximum Gasteiger partial charge on any atom is 0.0366 e. The van der Waals surface area contributed by atoms with Gasteiger partial charge >= 0.3 is 0 Å². The maximum absolute atomic E-state index is 2.69. The van der Waals surface area contributed by atoms with E-state index in [1.54, 1.807) is 0 Å². The first-order valence-corrected chi connectivity index (χ1v) is 10.7. The van der Waals surface area contributed by atoms with Gasteiger partial charge in [-0.15, -0.1) is 0 Å². The Hall–Kier alpha value is -1.10. The van der Waals surface area contributed by atoms with Crippen LogP contribution in [0.25, 0.3) is 0 Å². The highest BCUT2D eigenvalue weighted by molar-refractivity contribution is 5.48. The van der Waals surface area contributed by atoms with E-state index in [0.717, 1.165) is 12.5 Å². The second-order valence-electron chi connectivity index (χ2n) is 8.68. The monoisotopic (exact) mass is 356 g/mol. The normalized spacial score (nSPS) is 24.4. The van der Waals surface area contributed by atoms with Crippen LogP contribution in [0.15, 0.2) is 24.3 Å². The molecule has 0 radical (unpaired) electrons. The third-order valence-corrected chi connectivity index (χ3v) is 6.63. The predicted octanol–water partition coefficient (Wildman–Crippen LogP) is 2.75. The van der Waals surface area contributed by atoms with Crippen molar-refractivity contribution in [3.05, 3.63) is 29.8 Å². The van der Waals surface area contributed by atoms with Gasteiger partial charge in [-0.2, -0.15) is 0 Å². The van der Waals surface area contributed by atoms with Crippen molar-refractivity contribution in [3.63, 3.8) is 0 Å². The van der Waals surface area contributed by atoms with Crippen molar-refractivity contribution in [1.29, 1.82) is 0 Å². The Morgan fingerprint density at radius 3 is 2.08 bits per heavy atom. The van der Waals surface area contributed by atoms with Crippen LogP contribution in [0.4, 0.5) is 5.69 Å². The number of piperidine rings is 1. The van der Waals surface area contributed by atoms with E-state index in [-0.39, 0.29) is 0 Å². The molecule has 4 rings (SSSR count). The van der Waals surface area contributed by atoms with Gasteiger partial charge in [-0.3, -0.25) is 4.90 Å². The van der Waals surface area contributed by atoms with Gasteiger partial charge in [-0.1, -0.05) is 12.1 Å². The Morgan fingerprint density at radius 2 is 1.42 bits per heavy atom. The summed E-state index contributed by atoms with van der Waals surface area (Å²) in [6.45, 7) is 12.4. The van der Waals surface area contributed by atoms with Gasteiger partial charge in [-0.25, -0.2) is 0 Å². The van der Waals surface area contributed by atoms with Gasteiger partial charge in [0.2, 0.25) is 0 Å². The lowest BCUT2D eigenvalue weighted by molar-refractivity contribution is 0.148. The van der Waals surface area contributed by atoms with Gasteiger partial charge in [0.15, 0.2) is 0 Å². The van der Waals surface area contributed by atoms with Crippen LogP contribution >= 0.6 is 0 Å². The quantitative estimate of drug-likeness (QED) is 0.804. The van der Waals surface area contributed by atoms with Gasteiger partial charge in [0.05, 0.1) is 0 Å². The highest BCUT2D eigenvalue weighted by atomic mass is 15.2. The minimum absolute atomic E-state index is 0.917. The number of likely N-dealkylation sites (N-methyl/N-ethyl adjacent to an activating group) is 1. The Labute approximate surface area is 159 Å². The molecule has 0 aromatic heterocycles. The summed E-state index contributed by atoms with van der Waals surface area (Å²) in [5.74, 6) is 0.917. The largest absolute Gasteiger partial charge is 0.372 e. The number of piperazine rings is 1. The Morgan fingerprint density at radius 1 is 0.769 bits per heavy atom. The van der Waals surface area contributed by atoms with Crippen molar-refractivity contribution < 1.29 is 0 Å². The van der Waals surface area contributed by atoms with Crippen LogP contribution in [-0.2, 0) is 6.54 Å². The van der Waals surface area contributed by atoms with Gasteiger partial charge in [0, 0.05) is 58.0 Å². The molecule has 1 aromatic carbocycles. The van der Waals surface area contributed by atoms with E-state index in [1.165, 1.54) is 95.8 Å². The summed E-state index contributed by atoms with van der Waals surface area (Å²) in [5.41, 5.74) is 2.88. The van der Waals surface area contributed by atoms with Gasteiger partial charge < -0.3 is 14.7 Å². The second-order valence-corrected chi connectivity index (χ2v) is 8.68. The lowest BCUT2D eigenvalue weighted by atomic mass is 9.95. The molecule has 0 saturated carbocycles. The predicted molar refractivity (Wildman–Crippen MR) is 110 cm³/mol. The zero-order chi connectivity index (χ0) is 17.8. The maximum atomic E-state index is 2.69. The van der Waals surface area contributed by atoms with Crippen molar-refractivity contribution in [2.45, 2.75) is 32.2 Å². The standard InChI is InChI=1S/C22H36N4/c1-23-14-16-25(17-15-23)18-20-4-6-22(7-5-20)26-12-8-21(9-13-26)19-24-10-2-3-11-24/h4-7,21H,2-3,8-19H2,1H3. The van der Waals surface area contributed by atoms with Crippen LogP contribution in [0.1, 0.15) is 31.2 Å². The van der Waals surface area contributed by atoms with Crippen LogP contribution in [0.5, 0.6) is 0 Å². The molecular formula is C22H36N4. The lowest BCUT2D eigenvalue weighted by Gasteiger charge is -2.35. The Balaban J connectivity index is 1.23. The van der Waals surface area contributed by atoms with Crippen molar-refractivity contribution in [1.82, 2.24) is 14.7 Å². The second kappa shape index (κ2) is 8.73. The topological polar surface area (TPSA) is 13.0 Å². The van der Waals surface area contributed by atoms with Crippen molar-refractivity contribution >= 4 is 5.69 Å². The Bertz CT molecular complexity index is 536. The number of hydrogen-bond donors (Lipinski definition) is 0. The highest BCUT2D eigenvalue weighted by Crippen LogP contribution is 2.25. The third kappa shape index (κ3) is 4.79. The number of benzene rings is 1. The van der Waals surface area contributed by atoms with Crippen LogP contribution in [-0.4, -0.2) is 80.7 Å². The third-order valence-electron chi connectivity index (χ3n) is 6.63. The van der Waals surface area contributed by atoms with E-state index >= 15 is 0 Å².